The minimum absolute atomic E-state index is 0.119. The highest BCUT2D eigenvalue weighted by Gasteiger charge is 2.00. The third-order valence-electron chi connectivity index (χ3n) is 1.63. The summed E-state index contributed by atoms with van der Waals surface area (Å²) in [7, 11) is 1.87. The van der Waals surface area contributed by atoms with E-state index in [0.717, 1.165) is 12.1 Å². The molecule has 0 atom stereocenters. The molecule has 0 amide bonds. The standard InChI is InChI=1S/C10H12ClNO/c1-12-7-3-5-8-4-2-6-9(13)10(8)11/h2-6,12-13H,7H2,1H3. The molecule has 0 heterocycles. The van der Waals surface area contributed by atoms with Gasteiger partial charge in [0.15, 0.2) is 0 Å². The summed E-state index contributed by atoms with van der Waals surface area (Å²) in [6.45, 7) is 0.784. The highest BCUT2D eigenvalue weighted by molar-refractivity contribution is 6.33. The Kier molecular flexibility index (Phi) is 3.80. The summed E-state index contributed by atoms with van der Waals surface area (Å²) >= 11 is 5.85. The van der Waals surface area contributed by atoms with Crippen LogP contribution in [-0.4, -0.2) is 18.7 Å². The van der Waals surface area contributed by atoms with Gasteiger partial charge in [-0.05, 0) is 18.7 Å². The first-order chi connectivity index (χ1) is 6.25. The fourth-order valence-corrected chi connectivity index (χ4v) is 1.16. The number of phenolic OH excluding ortho intramolecular Hbond substituents is 1. The first kappa shape index (κ1) is 10.1. The number of rotatable bonds is 3. The van der Waals surface area contributed by atoms with Crippen LogP contribution in [0.5, 0.6) is 5.75 Å². The Labute approximate surface area is 82.8 Å². The van der Waals surface area contributed by atoms with Gasteiger partial charge in [-0.3, -0.25) is 0 Å². The molecule has 0 aliphatic rings. The van der Waals surface area contributed by atoms with Crippen LogP contribution in [-0.2, 0) is 0 Å². The number of hydrogen-bond donors (Lipinski definition) is 2. The Bertz CT molecular complexity index is 310. The molecule has 1 aromatic carbocycles. The molecule has 0 saturated heterocycles. The average Bonchev–Trinajstić information content (AvgIpc) is 2.13. The Morgan fingerprint density at radius 1 is 1.54 bits per heavy atom. The second-order valence-corrected chi connectivity index (χ2v) is 3.02. The van der Waals surface area contributed by atoms with Crippen LogP contribution in [0.15, 0.2) is 24.3 Å². The first-order valence-electron chi connectivity index (χ1n) is 4.04. The normalized spacial score (nSPS) is 10.9. The van der Waals surface area contributed by atoms with Gasteiger partial charge in [-0.2, -0.15) is 0 Å². The zero-order valence-electron chi connectivity index (χ0n) is 7.42. The van der Waals surface area contributed by atoms with E-state index in [0.29, 0.717) is 5.02 Å². The number of likely N-dealkylation sites (N-methyl/N-ethyl adjacent to an activating group) is 1. The summed E-state index contributed by atoms with van der Waals surface area (Å²) in [6.07, 6.45) is 3.82. The largest absolute Gasteiger partial charge is 0.506 e. The molecule has 0 saturated carbocycles. The molecular weight excluding hydrogens is 186 g/mol. The van der Waals surface area contributed by atoms with E-state index in [4.69, 9.17) is 11.6 Å². The molecule has 13 heavy (non-hydrogen) atoms. The summed E-state index contributed by atoms with van der Waals surface area (Å²) < 4.78 is 0. The van der Waals surface area contributed by atoms with E-state index in [1.54, 1.807) is 12.1 Å². The van der Waals surface area contributed by atoms with Crippen molar-refractivity contribution in [2.45, 2.75) is 0 Å². The Morgan fingerprint density at radius 3 is 3.00 bits per heavy atom. The molecule has 0 aliphatic carbocycles. The predicted molar refractivity (Wildman–Crippen MR) is 56.1 cm³/mol. The van der Waals surface area contributed by atoms with Gasteiger partial charge in [0.05, 0.1) is 5.02 Å². The lowest BCUT2D eigenvalue weighted by Gasteiger charge is -1.99. The predicted octanol–water partition coefficient (Wildman–Crippen LogP) is 2.28. The number of nitrogens with one attached hydrogen (secondary N) is 1. The highest BCUT2D eigenvalue weighted by atomic mass is 35.5. The summed E-state index contributed by atoms with van der Waals surface area (Å²) in [6, 6.07) is 5.19. The van der Waals surface area contributed by atoms with Crippen molar-refractivity contribution in [2.24, 2.45) is 0 Å². The zero-order chi connectivity index (χ0) is 9.68. The number of aromatic hydroxyl groups is 1. The number of phenols is 1. The molecule has 0 radical (unpaired) electrons. The summed E-state index contributed by atoms with van der Waals surface area (Å²) in [5.74, 6) is 0.119. The first-order valence-corrected chi connectivity index (χ1v) is 4.42. The van der Waals surface area contributed by atoms with Crippen molar-refractivity contribution in [3.63, 3.8) is 0 Å². The number of halogens is 1. The maximum Gasteiger partial charge on any atom is 0.134 e. The van der Waals surface area contributed by atoms with Gasteiger partial charge in [0, 0.05) is 6.54 Å². The van der Waals surface area contributed by atoms with E-state index in [1.807, 2.05) is 25.3 Å². The van der Waals surface area contributed by atoms with Crippen LogP contribution in [0.3, 0.4) is 0 Å². The van der Waals surface area contributed by atoms with E-state index < -0.39 is 0 Å². The molecule has 0 bridgehead atoms. The van der Waals surface area contributed by atoms with Crippen LogP contribution >= 0.6 is 11.6 Å². The SMILES string of the molecule is CNCC=Cc1cccc(O)c1Cl. The van der Waals surface area contributed by atoms with Gasteiger partial charge in [-0.15, -0.1) is 0 Å². The van der Waals surface area contributed by atoms with Crippen LogP contribution in [0, 0.1) is 0 Å². The molecule has 0 fully saturated rings. The molecule has 1 rings (SSSR count). The molecule has 0 spiro atoms. The molecule has 0 aromatic heterocycles. The molecule has 3 heteroatoms. The Hall–Kier alpha value is -0.990. The monoisotopic (exact) mass is 197 g/mol. The van der Waals surface area contributed by atoms with Gasteiger partial charge >= 0.3 is 0 Å². The van der Waals surface area contributed by atoms with Crippen molar-refractivity contribution in [1.29, 1.82) is 0 Å². The Balaban J connectivity index is 2.83. The third kappa shape index (κ3) is 2.76. The minimum atomic E-state index is 0.119. The van der Waals surface area contributed by atoms with Crippen molar-refractivity contribution in [1.82, 2.24) is 5.32 Å². The lowest BCUT2D eigenvalue weighted by Crippen LogP contribution is -2.03. The van der Waals surface area contributed by atoms with Crippen LogP contribution in [0.4, 0.5) is 0 Å². The summed E-state index contributed by atoms with van der Waals surface area (Å²) in [4.78, 5) is 0. The minimum Gasteiger partial charge on any atom is -0.506 e. The van der Waals surface area contributed by atoms with Gasteiger partial charge in [0.1, 0.15) is 5.75 Å². The van der Waals surface area contributed by atoms with Crippen molar-refractivity contribution in [3.8, 4) is 5.75 Å². The lowest BCUT2D eigenvalue weighted by molar-refractivity contribution is 0.475. The molecule has 2 N–H and O–H groups in total. The summed E-state index contributed by atoms with van der Waals surface area (Å²) in [5.41, 5.74) is 0.830. The molecule has 0 unspecified atom stereocenters. The van der Waals surface area contributed by atoms with E-state index >= 15 is 0 Å². The highest BCUT2D eigenvalue weighted by Crippen LogP contribution is 2.27. The Morgan fingerprint density at radius 2 is 2.31 bits per heavy atom. The van der Waals surface area contributed by atoms with Gasteiger partial charge < -0.3 is 10.4 Å². The van der Waals surface area contributed by atoms with Crippen LogP contribution in [0.2, 0.25) is 5.02 Å². The second kappa shape index (κ2) is 4.90. The van der Waals surface area contributed by atoms with Crippen molar-refractivity contribution in [3.05, 3.63) is 34.9 Å². The smallest absolute Gasteiger partial charge is 0.134 e. The van der Waals surface area contributed by atoms with Gasteiger partial charge in [-0.1, -0.05) is 35.9 Å². The topological polar surface area (TPSA) is 32.3 Å². The van der Waals surface area contributed by atoms with E-state index in [9.17, 15) is 5.11 Å². The van der Waals surface area contributed by atoms with Crippen molar-refractivity contribution < 1.29 is 5.11 Å². The molecule has 70 valence electrons. The maximum atomic E-state index is 9.28. The summed E-state index contributed by atoms with van der Waals surface area (Å²) in [5, 5.41) is 12.7. The van der Waals surface area contributed by atoms with Crippen molar-refractivity contribution >= 4 is 17.7 Å². The van der Waals surface area contributed by atoms with Gasteiger partial charge in [-0.25, -0.2) is 0 Å². The van der Waals surface area contributed by atoms with Crippen LogP contribution in [0.1, 0.15) is 5.56 Å². The zero-order valence-corrected chi connectivity index (χ0v) is 8.17. The van der Waals surface area contributed by atoms with Crippen LogP contribution in [0.25, 0.3) is 6.08 Å². The third-order valence-corrected chi connectivity index (χ3v) is 2.04. The molecule has 2 nitrogen and oxygen atoms in total. The quantitative estimate of drug-likeness (QED) is 0.779. The lowest BCUT2D eigenvalue weighted by atomic mass is 10.2. The van der Waals surface area contributed by atoms with Gasteiger partial charge in [0.2, 0.25) is 0 Å². The molecular formula is C10H12ClNO. The van der Waals surface area contributed by atoms with Gasteiger partial charge in [0.25, 0.3) is 0 Å². The second-order valence-electron chi connectivity index (χ2n) is 2.64. The maximum absolute atomic E-state index is 9.28. The van der Waals surface area contributed by atoms with Crippen molar-refractivity contribution in [2.75, 3.05) is 13.6 Å². The van der Waals surface area contributed by atoms with E-state index in [2.05, 4.69) is 5.32 Å². The fourth-order valence-electron chi connectivity index (χ4n) is 0.970. The fraction of sp³-hybridized carbons (Fsp3) is 0.200. The van der Waals surface area contributed by atoms with E-state index in [1.165, 1.54) is 0 Å². The van der Waals surface area contributed by atoms with E-state index in [-0.39, 0.29) is 5.75 Å². The number of benzene rings is 1. The molecule has 0 aliphatic heterocycles. The van der Waals surface area contributed by atoms with Crippen LogP contribution < -0.4 is 5.32 Å². The number of hydrogen-bond acceptors (Lipinski definition) is 2. The molecule has 1 aromatic rings. The average molecular weight is 198 g/mol.